The van der Waals surface area contributed by atoms with E-state index >= 15 is 0 Å². The molecular weight excluding hydrogens is 272 g/mol. The fourth-order valence-corrected chi connectivity index (χ4v) is 2.72. The lowest BCUT2D eigenvalue weighted by Gasteiger charge is -2.09. The van der Waals surface area contributed by atoms with Gasteiger partial charge in [-0.15, -0.1) is 0 Å². The van der Waals surface area contributed by atoms with Crippen molar-refractivity contribution in [3.05, 3.63) is 59.7 Å². The largest absolute Gasteiger partial charge is 0.280 e. The molecule has 6 heteroatoms. The first-order valence-corrected chi connectivity index (χ1v) is 6.91. The van der Waals surface area contributed by atoms with E-state index in [0.29, 0.717) is 11.8 Å². The first-order valence-electron chi connectivity index (χ1n) is 5.43. The van der Waals surface area contributed by atoms with Gasteiger partial charge in [0.1, 0.15) is 16.5 Å². The van der Waals surface area contributed by atoms with Gasteiger partial charge in [-0.3, -0.25) is 4.72 Å². The number of anilines is 1. The molecule has 0 aliphatic carbocycles. The Hall–Kier alpha value is -1.95. The van der Waals surface area contributed by atoms with Crippen LogP contribution < -0.4 is 4.72 Å². The molecule has 0 spiro atoms. The second-order valence-electron chi connectivity index (χ2n) is 4.05. The van der Waals surface area contributed by atoms with Crippen LogP contribution >= 0.6 is 0 Å². The summed E-state index contributed by atoms with van der Waals surface area (Å²) in [6, 6.07) is 8.96. The molecule has 2 rings (SSSR count). The van der Waals surface area contributed by atoms with Gasteiger partial charge in [0, 0.05) is 11.8 Å². The molecular formula is C13H11F2NO2S. The third kappa shape index (κ3) is 3.08. The summed E-state index contributed by atoms with van der Waals surface area (Å²) >= 11 is 0. The first kappa shape index (κ1) is 13.5. The fraction of sp³-hybridized carbons (Fsp3) is 0.0769. The second-order valence-corrected chi connectivity index (χ2v) is 5.70. The van der Waals surface area contributed by atoms with Crippen LogP contribution in [0.2, 0.25) is 0 Å². The molecule has 3 nitrogen and oxygen atoms in total. The third-order valence-corrected chi connectivity index (χ3v) is 3.87. The van der Waals surface area contributed by atoms with Gasteiger partial charge < -0.3 is 0 Å². The lowest BCUT2D eigenvalue weighted by molar-refractivity contribution is 0.551. The van der Waals surface area contributed by atoms with Crippen molar-refractivity contribution in [3.63, 3.8) is 0 Å². The number of benzene rings is 2. The minimum Gasteiger partial charge on any atom is -0.280 e. The topological polar surface area (TPSA) is 46.2 Å². The summed E-state index contributed by atoms with van der Waals surface area (Å²) in [5.41, 5.74) is 1.18. The summed E-state index contributed by atoms with van der Waals surface area (Å²) in [7, 11) is -4.07. The number of hydrogen-bond acceptors (Lipinski definition) is 2. The maximum Gasteiger partial charge on any atom is 0.264 e. The van der Waals surface area contributed by atoms with E-state index in [2.05, 4.69) is 4.72 Å². The van der Waals surface area contributed by atoms with E-state index in [1.165, 1.54) is 0 Å². The Labute approximate surface area is 109 Å². The van der Waals surface area contributed by atoms with Crippen molar-refractivity contribution in [2.45, 2.75) is 11.8 Å². The van der Waals surface area contributed by atoms with Crippen LogP contribution in [0.15, 0.2) is 47.4 Å². The Kier molecular flexibility index (Phi) is 3.53. The van der Waals surface area contributed by atoms with Crippen LogP contribution in [0, 0.1) is 18.6 Å². The Bertz CT molecular complexity index is 714. The van der Waals surface area contributed by atoms with E-state index < -0.39 is 26.6 Å². The van der Waals surface area contributed by atoms with Crippen molar-refractivity contribution in [2.75, 3.05) is 4.72 Å². The van der Waals surface area contributed by atoms with Gasteiger partial charge >= 0.3 is 0 Å². The zero-order valence-corrected chi connectivity index (χ0v) is 10.8. The van der Waals surface area contributed by atoms with E-state index in [1.807, 2.05) is 0 Å². The van der Waals surface area contributed by atoms with Crippen LogP contribution in [0.5, 0.6) is 0 Å². The average molecular weight is 283 g/mol. The summed E-state index contributed by atoms with van der Waals surface area (Å²) in [5.74, 6) is -1.95. The summed E-state index contributed by atoms with van der Waals surface area (Å²) in [5, 5.41) is 0. The van der Waals surface area contributed by atoms with E-state index in [0.717, 1.165) is 17.7 Å². The highest BCUT2D eigenvalue weighted by Crippen LogP contribution is 2.20. The Balaban J connectivity index is 2.38. The summed E-state index contributed by atoms with van der Waals surface area (Å²) in [6.07, 6.45) is 0. The van der Waals surface area contributed by atoms with E-state index in [4.69, 9.17) is 0 Å². The summed E-state index contributed by atoms with van der Waals surface area (Å²) in [6.45, 7) is 1.80. The lowest BCUT2D eigenvalue weighted by atomic mass is 10.2. The van der Waals surface area contributed by atoms with Crippen molar-refractivity contribution in [1.82, 2.24) is 0 Å². The van der Waals surface area contributed by atoms with Crippen molar-refractivity contribution in [1.29, 1.82) is 0 Å². The van der Waals surface area contributed by atoms with Gasteiger partial charge in [-0.1, -0.05) is 12.1 Å². The normalized spacial score (nSPS) is 11.3. The lowest BCUT2D eigenvalue weighted by Crippen LogP contribution is -2.14. The maximum atomic E-state index is 13.5. The molecule has 1 N–H and O–H groups in total. The molecule has 0 aliphatic heterocycles. The molecule has 19 heavy (non-hydrogen) atoms. The molecule has 2 aromatic rings. The molecule has 0 aliphatic rings. The van der Waals surface area contributed by atoms with Gasteiger partial charge in [0.2, 0.25) is 0 Å². The predicted octanol–water partition coefficient (Wildman–Crippen LogP) is 3.07. The number of halogens is 2. The Morgan fingerprint density at radius 3 is 2.42 bits per heavy atom. The van der Waals surface area contributed by atoms with Crippen molar-refractivity contribution >= 4 is 15.7 Å². The molecule has 0 radical (unpaired) electrons. The number of aryl methyl sites for hydroxylation is 1. The average Bonchev–Trinajstić information content (AvgIpc) is 2.27. The van der Waals surface area contributed by atoms with Crippen LogP contribution in [0.1, 0.15) is 5.56 Å². The monoisotopic (exact) mass is 283 g/mol. The predicted molar refractivity (Wildman–Crippen MR) is 68.3 cm³/mol. The SMILES string of the molecule is Cc1cccc(NS(=O)(=O)c2ccc(F)cc2F)c1. The van der Waals surface area contributed by atoms with Crippen LogP contribution in [-0.2, 0) is 10.0 Å². The molecule has 0 atom stereocenters. The van der Waals surface area contributed by atoms with Crippen LogP contribution in [0.25, 0.3) is 0 Å². The van der Waals surface area contributed by atoms with Gasteiger partial charge in [0.25, 0.3) is 10.0 Å². The van der Waals surface area contributed by atoms with Crippen LogP contribution in [0.3, 0.4) is 0 Å². The smallest absolute Gasteiger partial charge is 0.264 e. The number of rotatable bonds is 3. The standard InChI is InChI=1S/C13H11F2NO2S/c1-9-3-2-4-11(7-9)16-19(17,18)13-6-5-10(14)8-12(13)15/h2-8,16H,1H3. The molecule has 0 unspecified atom stereocenters. The zero-order chi connectivity index (χ0) is 14.0. The molecule has 0 bridgehead atoms. The maximum absolute atomic E-state index is 13.5. The molecule has 0 amide bonds. The van der Waals surface area contributed by atoms with Gasteiger partial charge in [0.05, 0.1) is 0 Å². The molecule has 100 valence electrons. The van der Waals surface area contributed by atoms with E-state index in [-0.39, 0.29) is 0 Å². The number of nitrogens with one attached hydrogen (secondary N) is 1. The Morgan fingerprint density at radius 2 is 1.79 bits per heavy atom. The molecule has 0 aromatic heterocycles. The zero-order valence-electron chi connectivity index (χ0n) is 10.0. The third-order valence-electron chi connectivity index (χ3n) is 2.45. The van der Waals surface area contributed by atoms with Crippen molar-refractivity contribution in [2.24, 2.45) is 0 Å². The molecule has 0 saturated carbocycles. The highest BCUT2D eigenvalue weighted by Gasteiger charge is 2.19. The molecule has 0 heterocycles. The quantitative estimate of drug-likeness (QED) is 0.941. The van der Waals surface area contributed by atoms with Gasteiger partial charge in [-0.25, -0.2) is 17.2 Å². The summed E-state index contributed by atoms with van der Waals surface area (Å²) < 4.78 is 52.4. The van der Waals surface area contributed by atoms with Crippen LogP contribution in [-0.4, -0.2) is 8.42 Å². The second kappa shape index (κ2) is 4.97. The summed E-state index contributed by atoms with van der Waals surface area (Å²) in [4.78, 5) is -0.588. The van der Waals surface area contributed by atoms with Crippen LogP contribution in [0.4, 0.5) is 14.5 Å². The minimum atomic E-state index is -4.07. The number of sulfonamides is 1. The van der Waals surface area contributed by atoms with E-state index in [1.54, 1.807) is 31.2 Å². The van der Waals surface area contributed by atoms with Crippen molar-refractivity contribution in [3.8, 4) is 0 Å². The van der Waals surface area contributed by atoms with E-state index in [9.17, 15) is 17.2 Å². The fourth-order valence-electron chi connectivity index (χ4n) is 1.61. The first-order chi connectivity index (χ1) is 8.88. The molecule has 0 saturated heterocycles. The molecule has 2 aromatic carbocycles. The van der Waals surface area contributed by atoms with Gasteiger partial charge in [-0.2, -0.15) is 0 Å². The molecule has 0 fully saturated rings. The Morgan fingerprint density at radius 1 is 1.05 bits per heavy atom. The van der Waals surface area contributed by atoms with Gasteiger partial charge in [-0.05, 0) is 36.8 Å². The van der Waals surface area contributed by atoms with Gasteiger partial charge in [0.15, 0.2) is 0 Å². The van der Waals surface area contributed by atoms with Crippen molar-refractivity contribution < 1.29 is 17.2 Å². The number of hydrogen-bond donors (Lipinski definition) is 1. The highest BCUT2D eigenvalue weighted by molar-refractivity contribution is 7.92. The highest BCUT2D eigenvalue weighted by atomic mass is 32.2. The minimum absolute atomic E-state index is 0.323.